The van der Waals surface area contributed by atoms with Crippen molar-refractivity contribution in [2.45, 2.75) is 40.2 Å². The van der Waals surface area contributed by atoms with E-state index in [0.29, 0.717) is 37.2 Å². The number of nitrogens with one attached hydrogen (secondary N) is 1. The van der Waals surface area contributed by atoms with E-state index in [2.05, 4.69) is 24.1 Å². The number of hydrogen-bond acceptors (Lipinski definition) is 4. The first-order valence-corrected chi connectivity index (χ1v) is 7.70. The molecule has 0 unspecified atom stereocenters. The molecule has 0 saturated heterocycles. The summed E-state index contributed by atoms with van der Waals surface area (Å²) < 4.78 is 5.67. The van der Waals surface area contributed by atoms with Gasteiger partial charge in [-0.15, -0.1) is 0 Å². The van der Waals surface area contributed by atoms with Crippen molar-refractivity contribution in [2.75, 3.05) is 26.2 Å². The van der Waals surface area contributed by atoms with E-state index in [0.717, 1.165) is 13.0 Å². The molecule has 1 N–H and O–H groups in total. The van der Waals surface area contributed by atoms with Crippen LogP contribution in [0.5, 0.6) is 5.75 Å². The van der Waals surface area contributed by atoms with Gasteiger partial charge in [-0.2, -0.15) is 0 Å². The minimum absolute atomic E-state index is 0.0491. The van der Waals surface area contributed by atoms with Crippen molar-refractivity contribution in [1.29, 1.82) is 0 Å². The average Bonchev–Trinajstić information content (AvgIpc) is 2.48. The largest absolute Gasteiger partial charge is 0.493 e. The van der Waals surface area contributed by atoms with Crippen molar-refractivity contribution in [2.24, 2.45) is 0 Å². The lowest BCUT2D eigenvalue weighted by Crippen LogP contribution is -2.31. The van der Waals surface area contributed by atoms with Crippen LogP contribution in [0.2, 0.25) is 0 Å². The molecule has 0 aliphatic rings. The Bertz CT molecular complexity index is 431. The van der Waals surface area contributed by atoms with Crippen molar-refractivity contribution >= 4 is 5.91 Å². The van der Waals surface area contributed by atoms with Crippen LogP contribution in [0.1, 0.15) is 44.6 Å². The van der Waals surface area contributed by atoms with Crippen LogP contribution in [0, 0.1) is 0 Å². The Kier molecular flexibility index (Phi) is 7.75. The molecule has 1 aromatic rings. The molecular formula is C16H27N3O2. The van der Waals surface area contributed by atoms with E-state index in [1.165, 1.54) is 0 Å². The molecule has 0 radical (unpaired) electrons. The minimum atomic E-state index is -0.0491. The Labute approximate surface area is 127 Å². The van der Waals surface area contributed by atoms with E-state index >= 15 is 0 Å². The number of aromatic nitrogens is 1. The highest BCUT2D eigenvalue weighted by molar-refractivity contribution is 5.92. The maximum absolute atomic E-state index is 12.2. The lowest BCUT2D eigenvalue weighted by molar-refractivity contribution is 0.0766. The fourth-order valence-electron chi connectivity index (χ4n) is 1.94. The third-order valence-corrected chi connectivity index (χ3v) is 3.14. The van der Waals surface area contributed by atoms with E-state index in [9.17, 15) is 4.79 Å². The highest BCUT2D eigenvalue weighted by Crippen LogP contribution is 2.13. The number of pyridine rings is 1. The van der Waals surface area contributed by atoms with Crippen molar-refractivity contribution in [3.8, 4) is 5.75 Å². The molecule has 118 valence electrons. The van der Waals surface area contributed by atoms with Gasteiger partial charge in [0, 0.05) is 31.4 Å². The van der Waals surface area contributed by atoms with Gasteiger partial charge in [0.15, 0.2) is 0 Å². The molecule has 1 aromatic heterocycles. The van der Waals surface area contributed by atoms with Crippen LogP contribution in [0.15, 0.2) is 18.3 Å². The van der Waals surface area contributed by atoms with E-state index in [4.69, 9.17) is 4.74 Å². The highest BCUT2D eigenvalue weighted by Gasteiger charge is 2.14. The molecule has 21 heavy (non-hydrogen) atoms. The Hall–Kier alpha value is -1.62. The molecular weight excluding hydrogens is 266 g/mol. The first kappa shape index (κ1) is 17.4. The summed E-state index contributed by atoms with van der Waals surface area (Å²) in [6.07, 6.45) is 2.55. The molecule has 0 aliphatic heterocycles. The number of carbonyl (C=O) groups excluding carboxylic acids is 1. The van der Waals surface area contributed by atoms with Crippen LogP contribution in [-0.2, 0) is 0 Å². The number of nitrogens with zero attached hydrogens (tertiary/aromatic N) is 2. The number of amides is 1. The monoisotopic (exact) mass is 293 g/mol. The Balaban J connectivity index is 2.50. The Morgan fingerprint density at radius 1 is 1.38 bits per heavy atom. The summed E-state index contributed by atoms with van der Waals surface area (Å²) in [6, 6.07) is 4.00. The smallest absolute Gasteiger partial charge is 0.272 e. The highest BCUT2D eigenvalue weighted by atomic mass is 16.5. The summed E-state index contributed by atoms with van der Waals surface area (Å²) >= 11 is 0. The van der Waals surface area contributed by atoms with Gasteiger partial charge in [-0.3, -0.25) is 9.78 Å². The molecule has 1 heterocycles. The van der Waals surface area contributed by atoms with Crippen LogP contribution in [0.25, 0.3) is 0 Å². The second kappa shape index (κ2) is 9.34. The van der Waals surface area contributed by atoms with Gasteiger partial charge in [-0.1, -0.05) is 13.8 Å². The zero-order chi connectivity index (χ0) is 15.7. The number of rotatable bonds is 9. The molecule has 0 aliphatic carbocycles. The lowest BCUT2D eigenvalue weighted by atomic mass is 10.3. The third kappa shape index (κ3) is 6.12. The third-order valence-electron chi connectivity index (χ3n) is 3.14. The van der Waals surface area contributed by atoms with Gasteiger partial charge in [-0.05, 0) is 32.9 Å². The van der Waals surface area contributed by atoms with Crippen molar-refractivity contribution < 1.29 is 9.53 Å². The average molecular weight is 293 g/mol. The molecule has 1 amide bonds. The van der Waals surface area contributed by atoms with Gasteiger partial charge in [0.1, 0.15) is 11.4 Å². The predicted octanol–water partition coefficient (Wildman–Crippen LogP) is 2.33. The topological polar surface area (TPSA) is 54.5 Å². The minimum Gasteiger partial charge on any atom is -0.493 e. The van der Waals surface area contributed by atoms with Crippen LogP contribution in [-0.4, -0.2) is 48.1 Å². The van der Waals surface area contributed by atoms with Crippen LogP contribution < -0.4 is 10.1 Å². The quantitative estimate of drug-likeness (QED) is 0.710. The standard InChI is InChI=1S/C16H27N3O2/c1-5-19(6-2)16(20)15-12-14(8-10-18-15)21-11-7-9-17-13(3)4/h8,10,12-13,17H,5-7,9,11H2,1-4H3. The van der Waals surface area contributed by atoms with Crippen LogP contribution in [0.3, 0.4) is 0 Å². The lowest BCUT2D eigenvalue weighted by Gasteiger charge is -2.18. The van der Waals surface area contributed by atoms with Gasteiger partial charge in [-0.25, -0.2) is 0 Å². The van der Waals surface area contributed by atoms with Gasteiger partial charge in [0.05, 0.1) is 6.61 Å². The van der Waals surface area contributed by atoms with Gasteiger partial charge in [0.2, 0.25) is 0 Å². The molecule has 1 rings (SSSR count). The predicted molar refractivity (Wildman–Crippen MR) is 84.7 cm³/mol. The SMILES string of the molecule is CCN(CC)C(=O)c1cc(OCCCNC(C)C)ccn1. The molecule has 5 heteroatoms. The van der Waals surface area contributed by atoms with E-state index in [1.807, 2.05) is 13.8 Å². The fourth-order valence-corrected chi connectivity index (χ4v) is 1.94. The first-order chi connectivity index (χ1) is 10.1. The molecule has 0 spiro atoms. The second-order valence-corrected chi connectivity index (χ2v) is 5.17. The summed E-state index contributed by atoms with van der Waals surface area (Å²) in [7, 11) is 0. The van der Waals surface area contributed by atoms with E-state index in [1.54, 1.807) is 23.2 Å². The summed E-state index contributed by atoms with van der Waals surface area (Å²) in [5, 5.41) is 3.34. The van der Waals surface area contributed by atoms with E-state index in [-0.39, 0.29) is 5.91 Å². The molecule has 0 atom stereocenters. The number of ether oxygens (including phenoxy) is 1. The Morgan fingerprint density at radius 3 is 2.71 bits per heavy atom. The summed E-state index contributed by atoms with van der Waals surface area (Å²) in [4.78, 5) is 18.1. The first-order valence-electron chi connectivity index (χ1n) is 7.70. The second-order valence-electron chi connectivity index (χ2n) is 5.17. The number of carbonyl (C=O) groups is 1. The molecule has 0 aromatic carbocycles. The molecule has 0 fully saturated rings. The fraction of sp³-hybridized carbons (Fsp3) is 0.625. The van der Waals surface area contributed by atoms with Gasteiger partial charge >= 0.3 is 0 Å². The maximum Gasteiger partial charge on any atom is 0.272 e. The molecule has 5 nitrogen and oxygen atoms in total. The van der Waals surface area contributed by atoms with Crippen molar-refractivity contribution in [3.05, 3.63) is 24.0 Å². The molecule has 0 saturated carbocycles. The zero-order valence-corrected chi connectivity index (χ0v) is 13.6. The molecule has 0 bridgehead atoms. The zero-order valence-electron chi connectivity index (χ0n) is 13.6. The summed E-state index contributed by atoms with van der Waals surface area (Å²) in [5.74, 6) is 0.650. The van der Waals surface area contributed by atoms with E-state index < -0.39 is 0 Å². The van der Waals surface area contributed by atoms with Gasteiger partial charge in [0.25, 0.3) is 5.91 Å². The Morgan fingerprint density at radius 2 is 2.10 bits per heavy atom. The normalized spacial score (nSPS) is 10.7. The number of hydrogen-bond donors (Lipinski definition) is 1. The van der Waals surface area contributed by atoms with Gasteiger partial charge < -0.3 is 15.0 Å². The summed E-state index contributed by atoms with van der Waals surface area (Å²) in [6.45, 7) is 11.1. The summed E-state index contributed by atoms with van der Waals surface area (Å²) in [5.41, 5.74) is 0.441. The van der Waals surface area contributed by atoms with Crippen LogP contribution in [0.4, 0.5) is 0 Å². The van der Waals surface area contributed by atoms with Crippen molar-refractivity contribution in [3.63, 3.8) is 0 Å². The van der Waals surface area contributed by atoms with Crippen molar-refractivity contribution in [1.82, 2.24) is 15.2 Å². The van der Waals surface area contributed by atoms with Crippen LogP contribution >= 0.6 is 0 Å². The maximum atomic E-state index is 12.2.